The Labute approximate surface area is 91.7 Å². The Morgan fingerprint density at radius 1 is 1.29 bits per heavy atom. The minimum atomic E-state index is 0.584. The molecule has 3 rings (SSSR count). The normalized spacial score (nSPS) is 20.4. The van der Waals surface area contributed by atoms with E-state index in [2.05, 4.69) is 43.1 Å². The molecule has 0 amide bonds. The molecule has 1 aromatic heterocycles. The van der Waals surface area contributed by atoms with Gasteiger partial charge in [0.15, 0.2) is 0 Å². The van der Waals surface area contributed by atoms with E-state index in [1.807, 2.05) is 23.1 Å². The molecule has 1 nitrogen and oxygen atoms in total. The number of nitrogens with zero attached hydrogens (tertiary/aromatic N) is 1. The van der Waals surface area contributed by atoms with Gasteiger partial charge in [0.1, 0.15) is 0 Å². The molecule has 0 bridgehead atoms. The van der Waals surface area contributed by atoms with Crippen molar-refractivity contribution in [2.24, 2.45) is 0 Å². The largest absolute Gasteiger partial charge is 0.360 e. The molecule has 3 heteroatoms. The number of thioether (sulfide) groups is 1. The summed E-state index contributed by atoms with van der Waals surface area (Å²) in [6.45, 7) is 2.26. The van der Waals surface area contributed by atoms with Gasteiger partial charge in [-0.25, -0.2) is 0 Å². The van der Waals surface area contributed by atoms with E-state index in [1.54, 1.807) is 0 Å². The van der Waals surface area contributed by atoms with Crippen LogP contribution in [0.15, 0.2) is 28.5 Å². The summed E-state index contributed by atoms with van der Waals surface area (Å²) in [5, 5.41) is 1.99. The first kappa shape index (κ1) is 8.62. The maximum atomic E-state index is 2.37. The van der Waals surface area contributed by atoms with Crippen molar-refractivity contribution in [3.05, 3.63) is 24.3 Å². The molecule has 1 unspecified atom stereocenters. The summed E-state index contributed by atoms with van der Waals surface area (Å²) in [5.41, 5.74) is 1.43. The predicted molar refractivity (Wildman–Crippen MR) is 65.5 cm³/mol. The zero-order valence-electron chi connectivity index (χ0n) is 8.15. The summed E-state index contributed by atoms with van der Waals surface area (Å²) in [6, 6.07) is 8.66. The van der Waals surface area contributed by atoms with Gasteiger partial charge in [0, 0.05) is 17.1 Å². The van der Waals surface area contributed by atoms with Crippen molar-refractivity contribution in [3.8, 4) is 0 Å². The maximum absolute atomic E-state index is 2.37. The minimum absolute atomic E-state index is 0.584. The van der Waals surface area contributed by atoms with Gasteiger partial charge in [0.05, 0.1) is 15.3 Å². The lowest BCUT2D eigenvalue weighted by atomic mass is 10.2. The molecular formula is C11H11NS2. The van der Waals surface area contributed by atoms with Crippen molar-refractivity contribution in [1.29, 1.82) is 0 Å². The molecule has 0 spiro atoms. The van der Waals surface area contributed by atoms with Crippen LogP contribution in [0.5, 0.6) is 0 Å². The zero-order valence-corrected chi connectivity index (χ0v) is 9.78. The lowest BCUT2D eigenvalue weighted by Crippen LogP contribution is -2.20. The summed E-state index contributed by atoms with van der Waals surface area (Å²) in [6.07, 6.45) is 0. The summed E-state index contributed by atoms with van der Waals surface area (Å²) < 4.78 is 2.88. The summed E-state index contributed by atoms with van der Waals surface area (Å²) >= 11 is 3.88. The average Bonchev–Trinajstić information content (AvgIpc) is 2.65. The second-order valence-corrected chi connectivity index (χ2v) is 6.20. The van der Waals surface area contributed by atoms with Crippen LogP contribution < -0.4 is 4.90 Å². The molecule has 2 aromatic rings. The molecule has 72 valence electrons. The van der Waals surface area contributed by atoms with E-state index in [4.69, 9.17) is 0 Å². The van der Waals surface area contributed by atoms with Crippen LogP contribution in [0.3, 0.4) is 0 Å². The molecule has 14 heavy (non-hydrogen) atoms. The van der Waals surface area contributed by atoms with Crippen molar-refractivity contribution in [2.45, 2.75) is 16.5 Å². The average molecular weight is 221 g/mol. The zero-order chi connectivity index (χ0) is 9.71. The quantitative estimate of drug-likeness (QED) is 0.666. The van der Waals surface area contributed by atoms with Crippen molar-refractivity contribution < 1.29 is 0 Å². The van der Waals surface area contributed by atoms with Crippen LogP contribution in [0.2, 0.25) is 0 Å². The first-order valence-electron chi connectivity index (χ1n) is 4.68. The van der Waals surface area contributed by atoms with Gasteiger partial charge >= 0.3 is 0 Å². The highest BCUT2D eigenvalue weighted by Gasteiger charge is 2.27. The van der Waals surface area contributed by atoms with E-state index < -0.39 is 0 Å². The number of rotatable bonds is 0. The summed E-state index contributed by atoms with van der Waals surface area (Å²) in [4.78, 5) is 2.37. The third-order valence-corrected chi connectivity index (χ3v) is 5.27. The molecule has 1 atom stereocenters. The summed E-state index contributed by atoms with van der Waals surface area (Å²) in [5.74, 6) is 0. The van der Waals surface area contributed by atoms with Crippen molar-refractivity contribution in [3.63, 3.8) is 0 Å². The van der Waals surface area contributed by atoms with Crippen LogP contribution in [0.4, 0.5) is 5.69 Å². The molecule has 0 N–H and O–H groups in total. The third kappa shape index (κ3) is 1.03. The van der Waals surface area contributed by atoms with E-state index in [-0.39, 0.29) is 0 Å². The molecule has 0 saturated heterocycles. The fourth-order valence-corrected chi connectivity index (χ4v) is 4.63. The Hall–Kier alpha value is -0.670. The second kappa shape index (κ2) is 2.91. The lowest BCUT2D eigenvalue weighted by molar-refractivity contribution is 0.930. The predicted octanol–water partition coefficient (Wildman–Crippen LogP) is 3.79. The maximum Gasteiger partial charge on any atom is 0.0865 e. The second-order valence-electron chi connectivity index (χ2n) is 3.56. The third-order valence-electron chi connectivity index (χ3n) is 2.71. The van der Waals surface area contributed by atoms with E-state index in [1.165, 1.54) is 20.0 Å². The topological polar surface area (TPSA) is 3.24 Å². The lowest BCUT2D eigenvalue weighted by Gasteiger charge is -2.17. The molecule has 0 fully saturated rings. The first-order valence-corrected chi connectivity index (χ1v) is 6.38. The first-order chi connectivity index (χ1) is 6.77. The minimum Gasteiger partial charge on any atom is -0.360 e. The molecule has 1 aromatic carbocycles. The van der Waals surface area contributed by atoms with Crippen molar-refractivity contribution in [1.82, 2.24) is 0 Å². The van der Waals surface area contributed by atoms with Gasteiger partial charge < -0.3 is 4.90 Å². The van der Waals surface area contributed by atoms with Gasteiger partial charge in [-0.3, -0.25) is 0 Å². The van der Waals surface area contributed by atoms with Gasteiger partial charge in [-0.2, -0.15) is 0 Å². The van der Waals surface area contributed by atoms with Crippen LogP contribution in [0.1, 0.15) is 6.92 Å². The SMILES string of the molecule is CC1Sc2sc3ccccc3c2N1C. The van der Waals surface area contributed by atoms with Crippen LogP contribution in [0, 0.1) is 0 Å². The number of anilines is 1. The van der Waals surface area contributed by atoms with E-state index in [9.17, 15) is 0 Å². The monoisotopic (exact) mass is 221 g/mol. The van der Waals surface area contributed by atoms with Gasteiger partial charge in [-0.15, -0.1) is 11.3 Å². The highest BCUT2D eigenvalue weighted by atomic mass is 32.2. The van der Waals surface area contributed by atoms with Crippen molar-refractivity contribution in [2.75, 3.05) is 11.9 Å². The fourth-order valence-electron chi connectivity index (χ4n) is 1.84. The number of hydrogen-bond acceptors (Lipinski definition) is 3. The smallest absolute Gasteiger partial charge is 0.0865 e. The van der Waals surface area contributed by atoms with Gasteiger partial charge in [-0.1, -0.05) is 30.0 Å². The van der Waals surface area contributed by atoms with Crippen LogP contribution in [-0.2, 0) is 0 Å². The Bertz CT molecular complexity index is 489. The van der Waals surface area contributed by atoms with Gasteiger partial charge in [0.25, 0.3) is 0 Å². The molecule has 1 aliphatic heterocycles. The Kier molecular flexibility index (Phi) is 1.79. The molecule has 1 aliphatic rings. The van der Waals surface area contributed by atoms with Gasteiger partial charge in [0.2, 0.25) is 0 Å². The number of benzene rings is 1. The molecular weight excluding hydrogens is 210 g/mol. The standard InChI is InChI=1S/C11H11NS2/c1-7-12(2)10-8-5-3-4-6-9(8)14-11(10)13-7/h3-7H,1-2H3. The van der Waals surface area contributed by atoms with Crippen LogP contribution in [-0.4, -0.2) is 12.4 Å². The highest BCUT2D eigenvalue weighted by Crippen LogP contribution is 2.51. The van der Waals surface area contributed by atoms with Crippen LogP contribution >= 0.6 is 23.1 Å². The van der Waals surface area contributed by atoms with Crippen LogP contribution in [0.25, 0.3) is 10.1 Å². The molecule has 0 radical (unpaired) electrons. The summed E-state index contributed by atoms with van der Waals surface area (Å²) in [7, 11) is 2.18. The molecule has 0 aliphatic carbocycles. The van der Waals surface area contributed by atoms with E-state index in [0.29, 0.717) is 5.37 Å². The molecule has 2 heterocycles. The number of hydrogen-bond donors (Lipinski definition) is 0. The Morgan fingerprint density at radius 2 is 2.07 bits per heavy atom. The number of fused-ring (bicyclic) bond motifs is 3. The fraction of sp³-hybridized carbons (Fsp3) is 0.273. The van der Waals surface area contributed by atoms with E-state index in [0.717, 1.165) is 0 Å². The van der Waals surface area contributed by atoms with E-state index >= 15 is 0 Å². The Balaban J connectivity index is 2.32. The number of thiophene rings is 1. The Morgan fingerprint density at radius 3 is 2.93 bits per heavy atom. The van der Waals surface area contributed by atoms with Gasteiger partial charge in [-0.05, 0) is 13.0 Å². The highest BCUT2D eigenvalue weighted by molar-refractivity contribution is 8.02. The molecule has 0 saturated carbocycles. The van der Waals surface area contributed by atoms with Crippen molar-refractivity contribution >= 4 is 38.9 Å².